The summed E-state index contributed by atoms with van der Waals surface area (Å²) in [6, 6.07) is 26.7. The van der Waals surface area contributed by atoms with Crippen molar-refractivity contribution in [2.45, 2.75) is 104 Å². The summed E-state index contributed by atoms with van der Waals surface area (Å²) >= 11 is 0. The van der Waals surface area contributed by atoms with Crippen molar-refractivity contribution in [3.63, 3.8) is 0 Å². The van der Waals surface area contributed by atoms with E-state index in [1.54, 1.807) is 73.2 Å². The van der Waals surface area contributed by atoms with Crippen LogP contribution in [0.4, 0.5) is 22.7 Å². The van der Waals surface area contributed by atoms with Gasteiger partial charge in [0.25, 0.3) is 11.8 Å². The van der Waals surface area contributed by atoms with Crippen molar-refractivity contribution in [1.29, 1.82) is 0 Å². The molecule has 14 nitrogen and oxygen atoms in total. The first-order valence-electron chi connectivity index (χ1n) is 23.8. The van der Waals surface area contributed by atoms with Crippen LogP contribution in [0.15, 0.2) is 101 Å². The highest BCUT2D eigenvalue weighted by Crippen LogP contribution is 2.42. The van der Waals surface area contributed by atoms with E-state index < -0.39 is 17.9 Å². The highest BCUT2D eigenvalue weighted by Gasteiger charge is 2.38. The first kappa shape index (κ1) is 47.3. The van der Waals surface area contributed by atoms with E-state index in [2.05, 4.69) is 5.32 Å². The van der Waals surface area contributed by atoms with Crippen LogP contribution in [-0.2, 0) is 40.4 Å². The third kappa shape index (κ3) is 9.63. The van der Waals surface area contributed by atoms with Crippen LogP contribution in [0.1, 0.15) is 112 Å². The summed E-state index contributed by atoms with van der Waals surface area (Å²) in [6.45, 7) is 6.92. The fraction of sp³-hybridized carbons (Fsp3) is 0.321. The third-order valence-corrected chi connectivity index (χ3v) is 13.5. The van der Waals surface area contributed by atoms with E-state index >= 15 is 0 Å². The van der Waals surface area contributed by atoms with Crippen LogP contribution < -0.4 is 29.3 Å². The van der Waals surface area contributed by atoms with Gasteiger partial charge in [-0.15, -0.1) is 0 Å². The second-order valence-electron chi connectivity index (χ2n) is 18.4. The van der Waals surface area contributed by atoms with E-state index in [1.165, 1.54) is 7.11 Å². The molecular weight excluding hydrogens is 887 g/mol. The predicted molar refractivity (Wildman–Crippen MR) is 267 cm³/mol. The summed E-state index contributed by atoms with van der Waals surface area (Å²) in [6.07, 6.45) is 6.10. The predicted octanol–water partition coefficient (Wildman–Crippen LogP) is 9.17. The number of aliphatic imine (C=N–C) groups is 2. The average Bonchev–Trinajstić information content (AvgIpc) is 3.86. The third-order valence-electron chi connectivity index (χ3n) is 13.5. The normalized spacial score (nSPS) is 16.9. The van der Waals surface area contributed by atoms with Crippen molar-refractivity contribution >= 4 is 70.3 Å². The van der Waals surface area contributed by atoms with Crippen molar-refractivity contribution < 1.29 is 43.0 Å². The number of nitrogens with zero attached hydrogens (tertiary/aromatic N) is 4. The summed E-state index contributed by atoms with van der Waals surface area (Å²) in [5.74, 6) is -0.754. The lowest BCUT2D eigenvalue weighted by molar-refractivity contribution is -0.129. The fourth-order valence-corrected chi connectivity index (χ4v) is 9.58. The highest BCUT2D eigenvalue weighted by atomic mass is 16.5. The summed E-state index contributed by atoms with van der Waals surface area (Å²) < 4.78 is 18.6. The number of fused-ring (bicyclic) bond motifs is 8. The minimum atomic E-state index is -0.775. The lowest BCUT2D eigenvalue weighted by atomic mass is 9.96. The van der Waals surface area contributed by atoms with Crippen LogP contribution in [-0.4, -0.2) is 72.7 Å². The maximum atomic E-state index is 14.1. The number of anilines is 2. The van der Waals surface area contributed by atoms with E-state index in [9.17, 15) is 28.8 Å². The molecule has 14 heteroatoms. The number of carbonyl (C=O) groups is 6. The van der Waals surface area contributed by atoms with Gasteiger partial charge < -0.3 is 19.5 Å². The molecule has 0 fully saturated rings. The van der Waals surface area contributed by atoms with Gasteiger partial charge in [-0.2, -0.15) is 0 Å². The SMILES string of the molecule is CCC(=O)CCCC(=O)[C@H](C)NC(=O)[C@H](C)CC(=O)c1cc(COc2cc3c(cc2C)C(=O)N2c4ccccc4C[C@H]2C=N3)cc(COc2cc3c(cc2OC)C(=O)N2c4ccccc4C[C@H]2C=N3)c1. The Morgan fingerprint density at radius 1 is 0.714 bits per heavy atom. The van der Waals surface area contributed by atoms with E-state index in [-0.39, 0.29) is 67.3 Å². The number of methoxy groups -OCH3 is 1. The molecule has 9 rings (SSSR count). The van der Waals surface area contributed by atoms with Crippen LogP contribution in [0.3, 0.4) is 0 Å². The van der Waals surface area contributed by atoms with Crippen LogP contribution in [0.5, 0.6) is 17.2 Å². The number of ketones is 3. The minimum Gasteiger partial charge on any atom is -0.493 e. The Bertz CT molecular complexity index is 3010. The monoisotopic (exact) mass is 941 g/mol. The Morgan fingerprint density at radius 2 is 1.27 bits per heavy atom. The molecule has 358 valence electrons. The minimum absolute atomic E-state index is 0.0158. The molecule has 70 heavy (non-hydrogen) atoms. The highest BCUT2D eigenvalue weighted by molar-refractivity contribution is 6.16. The number of benzene rings is 5. The molecule has 1 N–H and O–H groups in total. The molecule has 0 aromatic heterocycles. The Hall–Kier alpha value is -7.74. The fourth-order valence-electron chi connectivity index (χ4n) is 9.58. The van der Waals surface area contributed by atoms with Crippen LogP contribution in [0.25, 0.3) is 0 Å². The van der Waals surface area contributed by atoms with Gasteiger partial charge in [-0.25, -0.2) is 0 Å². The van der Waals surface area contributed by atoms with Crippen molar-refractivity contribution in [2.24, 2.45) is 15.9 Å². The zero-order valence-corrected chi connectivity index (χ0v) is 40.0. The van der Waals surface area contributed by atoms with Gasteiger partial charge in [0.05, 0.1) is 47.7 Å². The average molecular weight is 942 g/mol. The van der Waals surface area contributed by atoms with E-state index in [4.69, 9.17) is 24.2 Å². The smallest absolute Gasteiger partial charge is 0.261 e. The van der Waals surface area contributed by atoms with E-state index in [0.29, 0.717) is 88.5 Å². The number of aryl methyl sites for hydroxylation is 1. The molecule has 5 aromatic rings. The standard InChI is InChI=1S/C56H55N5O9/c1-6-42(62)14-11-17-49(63)34(4)59-54(65)33(3)19-50(64)39-21-35(30-69-51-26-45-43(18-32(51)2)55(66)60-40(28-57-45)23-37-12-7-9-15-47(37)60)20-36(22-39)31-70-53-27-46-44(25-52(53)68-5)56(67)61-41(29-58-46)24-38-13-8-10-16-48(38)61/h7-10,12-13,15-16,18,20-22,25-29,33-34,40-41H,6,11,14,17,19,23-24,30-31H2,1-5H3,(H,59,65)/t33-,34+,40+,41+/m1/s1. The number of amides is 3. The van der Waals surface area contributed by atoms with Gasteiger partial charge in [-0.05, 0) is 90.6 Å². The van der Waals surface area contributed by atoms with E-state index in [1.807, 2.05) is 67.7 Å². The van der Waals surface area contributed by atoms with Gasteiger partial charge in [0.2, 0.25) is 5.91 Å². The van der Waals surface area contributed by atoms with Gasteiger partial charge >= 0.3 is 0 Å². The summed E-state index contributed by atoms with van der Waals surface area (Å²) in [5.41, 5.74) is 8.00. The summed E-state index contributed by atoms with van der Waals surface area (Å²) in [7, 11) is 1.50. The zero-order chi connectivity index (χ0) is 49.2. The molecule has 0 radical (unpaired) electrons. The Labute approximate surface area is 406 Å². The van der Waals surface area contributed by atoms with Gasteiger partial charge in [0, 0.05) is 85.9 Å². The lowest BCUT2D eigenvalue weighted by Crippen LogP contribution is -2.41. The Morgan fingerprint density at radius 3 is 1.86 bits per heavy atom. The molecule has 4 aliphatic heterocycles. The number of hydrogen-bond acceptors (Lipinski definition) is 11. The quantitative estimate of drug-likeness (QED) is 0.0841. The number of carbonyl (C=O) groups excluding carboxylic acids is 6. The van der Waals surface area contributed by atoms with Crippen LogP contribution >= 0.6 is 0 Å². The lowest BCUT2D eigenvalue weighted by Gasteiger charge is -2.22. The zero-order valence-electron chi connectivity index (χ0n) is 40.0. The first-order chi connectivity index (χ1) is 33.8. The molecule has 0 unspecified atom stereocenters. The molecule has 5 aromatic carbocycles. The molecular formula is C56H55N5O9. The topological polar surface area (TPSA) is 173 Å². The molecule has 0 spiro atoms. The van der Waals surface area contributed by atoms with Crippen molar-refractivity contribution in [1.82, 2.24) is 5.32 Å². The molecule has 3 amide bonds. The van der Waals surface area contributed by atoms with Crippen LogP contribution in [0.2, 0.25) is 0 Å². The molecule has 4 heterocycles. The number of rotatable bonds is 18. The Kier molecular flexibility index (Phi) is 13.6. The molecule has 4 aliphatic rings. The second-order valence-corrected chi connectivity index (χ2v) is 18.4. The maximum Gasteiger partial charge on any atom is 0.261 e. The van der Waals surface area contributed by atoms with Crippen molar-refractivity contribution in [3.8, 4) is 17.2 Å². The maximum absolute atomic E-state index is 14.1. The molecule has 0 saturated carbocycles. The molecule has 0 aliphatic carbocycles. The largest absolute Gasteiger partial charge is 0.493 e. The van der Waals surface area contributed by atoms with E-state index in [0.717, 1.165) is 28.1 Å². The number of hydrogen-bond donors (Lipinski definition) is 1. The first-order valence-corrected chi connectivity index (χ1v) is 23.8. The second kappa shape index (κ2) is 20.1. The van der Waals surface area contributed by atoms with Gasteiger partial charge in [-0.3, -0.25) is 48.6 Å². The summed E-state index contributed by atoms with van der Waals surface area (Å²) in [4.78, 5) is 93.0. The van der Waals surface area contributed by atoms with Crippen molar-refractivity contribution in [2.75, 3.05) is 16.9 Å². The number of para-hydroxylation sites is 2. The summed E-state index contributed by atoms with van der Waals surface area (Å²) in [5, 5.41) is 2.75. The number of nitrogens with one attached hydrogen (secondary N) is 1. The van der Waals surface area contributed by atoms with Crippen molar-refractivity contribution in [3.05, 3.63) is 136 Å². The number of Topliss-reactive ketones (excluding diaryl/α,β-unsaturated/α-hetero) is 3. The Balaban J connectivity index is 0.949. The molecule has 0 saturated heterocycles. The van der Waals surface area contributed by atoms with Gasteiger partial charge in [0.1, 0.15) is 24.7 Å². The molecule has 4 atom stereocenters. The van der Waals surface area contributed by atoms with Gasteiger partial charge in [0.15, 0.2) is 23.1 Å². The van der Waals surface area contributed by atoms with Crippen LogP contribution in [0, 0.1) is 12.8 Å². The van der Waals surface area contributed by atoms with Gasteiger partial charge in [-0.1, -0.05) is 50.2 Å². The molecule has 0 bridgehead atoms. The number of ether oxygens (including phenoxy) is 3.